The smallest absolute Gasteiger partial charge is 0.203 e. The highest BCUT2D eigenvalue weighted by Crippen LogP contribution is 2.41. The van der Waals surface area contributed by atoms with Crippen LogP contribution in [-0.2, 0) is 0 Å². The molecule has 0 bridgehead atoms. The van der Waals surface area contributed by atoms with Crippen LogP contribution in [0, 0.1) is 0 Å². The van der Waals surface area contributed by atoms with Gasteiger partial charge in [-0.1, -0.05) is 60.7 Å². The molecule has 5 nitrogen and oxygen atoms in total. The number of hydrogen-bond acceptors (Lipinski definition) is 4. The first-order valence-electron chi connectivity index (χ1n) is 10.6. The van der Waals surface area contributed by atoms with Gasteiger partial charge in [-0.3, -0.25) is 4.79 Å². The third-order valence-corrected chi connectivity index (χ3v) is 5.92. The van der Waals surface area contributed by atoms with Gasteiger partial charge in [0.15, 0.2) is 17.3 Å². The Hall–Kier alpha value is -4.25. The first kappa shape index (κ1) is 20.6. The van der Waals surface area contributed by atoms with Crippen molar-refractivity contribution in [1.29, 1.82) is 0 Å². The molecule has 0 aliphatic heterocycles. The first-order chi connectivity index (χ1) is 16.2. The van der Waals surface area contributed by atoms with Crippen molar-refractivity contribution in [2.45, 2.75) is 0 Å². The first-order valence-corrected chi connectivity index (χ1v) is 10.6. The van der Waals surface area contributed by atoms with E-state index in [-0.39, 0.29) is 5.78 Å². The van der Waals surface area contributed by atoms with E-state index < -0.39 is 0 Å². The highest BCUT2D eigenvalue weighted by atomic mass is 16.5. The number of aromatic nitrogens is 1. The molecule has 0 unspecified atom stereocenters. The van der Waals surface area contributed by atoms with Crippen molar-refractivity contribution in [3.05, 3.63) is 90.0 Å². The van der Waals surface area contributed by atoms with Gasteiger partial charge >= 0.3 is 0 Å². The van der Waals surface area contributed by atoms with E-state index in [1.807, 2.05) is 48.5 Å². The van der Waals surface area contributed by atoms with Crippen LogP contribution in [0.4, 0.5) is 0 Å². The maximum absolute atomic E-state index is 14.0. The maximum atomic E-state index is 14.0. The fourth-order valence-corrected chi connectivity index (χ4v) is 4.38. The molecule has 5 aromatic rings. The number of rotatable bonds is 6. The predicted molar refractivity (Wildman–Crippen MR) is 131 cm³/mol. The molecule has 0 aliphatic carbocycles. The molecule has 0 radical (unpaired) electrons. The fourth-order valence-electron chi connectivity index (χ4n) is 4.38. The molecular formula is C28H23NO4. The van der Waals surface area contributed by atoms with E-state index in [0.717, 1.165) is 32.9 Å². The summed E-state index contributed by atoms with van der Waals surface area (Å²) >= 11 is 0. The van der Waals surface area contributed by atoms with Gasteiger partial charge in [-0.05, 0) is 29.0 Å². The van der Waals surface area contributed by atoms with Crippen molar-refractivity contribution in [2.75, 3.05) is 21.3 Å². The van der Waals surface area contributed by atoms with Gasteiger partial charge in [0.25, 0.3) is 0 Å². The van der Waals surface area contributed by atoms with Crippen molar-refractivity contribution in [3.8, 4) is 28.5 Å². The summed E-state index contributed by atoms with van der Waals surface area (Å²) in [5.41, 5.74) is 3.72. The van der Waals surface area contributed by atoms with Crippen LogP contribution >= 0.6 is 0 Å². The van der Waals surface area contributed by atoms with E-state index in [1.165, 1.54) is 0 Å². The van der Waals surface area contributed by atoms with Crippen LogP contribution in [0.3, 0.4) is 0 Å². The second-order valence-corrected chi connectivity index (χ2v) is 7.69. The largest absolute Gasteiger partial charge is 0.493 e. The standard InChI is InChI=1S/C28H23NO4/c1-31-23-15-18(16-24(32-2)28(23)33-3)27(30)25-21-12-6-7-14-22(21)29-26(25)20-13-8-10-17-9-4-5-11-19(17)20/h4-16,29H,1-3H3. The number of ether oxygens (including phenoxy) is 3. The van der Waals surface area contributed by atoms with Gasteiger partial charge in [0.1, 0.15) is 0 Å². The molecule has 0 saturated carbocycles. The lowest BCUT2D eigenvalue weighted by molar-refractivity contribution is 0.104. The number of carbonyl (C=O) groups is 1. The Bertz CT molecular complexity index is 1470. The van der Waals surface area contributed by atoms with Crippen molar-refractivity contribution in [3.63, 3.8) is 0 Å². The van der Waals surface area contributed by atoms with Crippen LogP contribution in [0.2, 0.25) is 0 Å². The summed E-state index contributed by atoms with van der Waals surface area (Å²) in [6.07, 6.45) is 0. The number of H-pyrrole nitrogens is 1. The summed E-state index contributed by atoms with van der Waals surface area (Å²) in [6, 6.07) is 25.5. The molecule has 4 aromatic carbocycles. The number of nitrogens with one attached hydrogen (secondary N) is 1. The number of para-hydroxylation sites is 1. The van der Waals surface area contributed by atoms with Crippen LogP contribution in [0.25, 0.3) is 32.9 Å². The second kappa shape index (κ2) is 8.36. The van der Waals surface area contributed by atoms with E-state index >= 15 is 0 Å². The summed E-state index contributed by atoms with van der Waals surface area (Å²) in [7, 11) is 4.62. The molecule has 1 N–H and O–H groups in total. The predicted octanol–water partition coefficient (Wildman–Crippen LogP) is 6.24. The summed E-state index contributed by atoms with van der Waals surface area (Å²) in [5, 5.41) is 3.05. The van der Waals surface area contributed by atoms with Gasteiger partial charge in [0, 0.05) is 22.0 Å². The Morgan fingerprint density at radius 3 is 2.06 bits per heavy atom. The fraction of sp³-hybridized carbons (Fsp3) is 0.107. The van der Waals surface area contributed by atoms with E-state index in [1.54, 1.807) is 33.5 Å². The van der Waals surface area contributed by atoms with Gasteiger partial charge in [-0.25, -0.2) is 0 Å². The number of benzene rings is 4. The summed E-state index contributed by atoms with van der Waals surface area (Å²) in [4.78, 5) is 17.5. The van der Waals surface area contributed by atoms with Crippen molar-refractivity contribution in [2.24, 2.45) is 0 Å². The van der Waals surface area contributed by atoms with E-state index in [9.17, 15) is 4.79 Å². The molecule has 1 aromatic heterocycles. The zero-order valence-corrected chi connectivity index (χ0v) is 18.6. The molecule has 0 fully saturated rings. The molecule has 33 heavy (non-hydrogen) atoms. The molecule has 0 spiro atoms. The lowest BCUT2D eigenvalue weighted by atomic mass is 9.94. The Morgan fingerprint density at radius 2 is 1.36 bits per heavy atom. The number of fused-ring (bicyclic) bond motifs is 2. The second-order valence-electron chi connectivity index (χ2n) is 7.69. The molecule has 0 atom stereocenters. The molecule has 0 aliphatic rings. The van der Waals surface area contributed by atoms with Crippen LogP contribution < -0.4 is 14.2 Å². The molecule has 0 saturated heterocycles. The number of ketones is 1. The SMILES string of the molecule is COc1cc(C(=O)c2c(-c3cccc4ccccc34)[nH]c3ccccc23)cc(OC)c1OC. The van der Waals surface area contributed by atoms with Crippen molar-refractivity contribution >= 4 is 27.5 Å². The van der Waals surface area contributed by atoms with Crippen LogP contribution in [0.15, 0.2) is 78.9 Å². The Morgan fingerprint density at radius 1 is 0.727 bits per heavy atom. The average molecular weight is 437 g/mol. The number of methoxy groups -OCH3 is 3. The third kappa shape index (κ3) is 3.38. The van der Waals surface area contributed by atoms with Gasteiger partial charge in [0.2, 0.25) is 5.75 Å². The van der Waals surface area contributed by atoms with Gasteiger partial charge in [-0.15, -0.1) is 0 Å². The van der Waals surface area contributed by atoms with Gasteiger partial charge < -0.3 is 19.2 Å². The summed E-state index contributed by atoms with van der Waals surface area (Å²) in [6.45, 7) is 0. The monoisotopic (exact) mass is 437 g/mol. The minimum atomic E-state index is -0.130. The Balaban J connectivity index is 1.78. The summed E-state index contributed by atoms with van der Waals surface area (Å²) < 4.78 is 16.4. The Kier molecular flexibility index (Phi) is 5.23. The van der Waals surface area contributed by atoms with E-state index in [0.29, 0.717) is 28.4 Å². The lowest BCUT2D eigenvalue weighted by Crippen LogP contribution is -2.05. The molecule has 164 valence electrons. The maximum Gasteiger partial charge on any atom is 0.203 e. The van der Waals surface area contributed by atoms with Gasteiger partial charge in [0.05, 0.1) is 32.6 Å². The summed E-state index contributed by atoms with van der Waals surface area (Å²) in [5.74, 6) is 1.19. The van der Waals surface area contributed by atoms with E-state index in [2.05, 4.69) is 23.2 Å². The van der Waals surface area contributed by atoms with Crippen molar-refractivity contribution < 1.29 is 19.0 Å². The third-order valence-electron chi connectivity index (χ3n) is 5.92. The molecule has 0 amide bonds. The van der Waals surface area contributed by atoms with Crippen LogP contribution in [0.5, 0.6) is 17.2 Å². The molecular weight excluding hydrogens is 414 g/mol. The Labute approximate surface area is 191 Å². The topological polar surface area (TPSA) is 60.6 Å². The molecule has 1 heterocycles. The normalized spacial score (nSPS) is 11.0. The quantitative estimate of drug-likeness (QED) is 0.319. The highest BCUT2D eigenvalue weighted by molar-refractivity contribution is 6.21. The molecule has 5 heteroatoms. The highest BCUT2D eigenvalue weighted by Gasteiger charge is 2.24. The number of aromatic amines is 1. The van der Waals surface area contributed by atoms with E-state index in [4.69, 9.17) is 14.2 Å². The lowest BCUT2D eigenvalue weighted by Gasteiger charge is -2.14. The minimum Gasteiger partial charge on any atom is -0.493 e. The van der Waals surface area contributed by atoms with Crippen molar-refractivity contribution in [1.82, 2.24) is 4.98 Å². The van der Waals surface area contributed by atoms with Gasteiger partial charge in [-0.2, -0.15) is 0 Å². The zero-order chi connectivity index (χ0) is 22.9. The van der Waals surface area contributed by atoms with Crippen LogP contribution in [-0.4, -0.2) is 32.1 Å². The minimum absolute atomic E-state index is 0.130. The average Bonchev–Trinajstić information content (AvgIpc) is 3.26. The number of carbonyl (C=O) groups excluding carboxylic acids is 1. The molecule has 5 rings (SSSR count). The zero-order valence-electron chi connectivity index (χ0n) is 18.6. The van der Waals surface area contributed by atoms with Crippen LogP contribution in [0.1, 0.15) is 15.9 Å². The number of hydrogen-bond donors (Lipinski definition) is 1.